The molecule has 35 heavy (non-hydrogen) atoms. The summed E-state index contributed by atoms with van der Waals surface area (Å²) >= 11 is 0. The van der Waals surface area contributed by atoms with Crippen molar-refractivity contribution in [3.8, 4) is 0 Å². The van der Waals surface area contributed by atoms with Crippen LogP contribution in [-0.2, 0) is 19.2 Å². The molecule has 0 saturated heterocycles. The Bertz CT molecular complexity index is 691. The number of hydrogen-bond donors (Lipinski definition) is 4. The van der Waals surface area contributed by atoms with Gasteiger partial charge >= 0.3 is 23.9 Å². The molecule has 1 aliphatic rings. The van der Waals surface area contributed by atoms with E-state index < -0.39 is 35.7 Å². The van der Waals surface area contributed by atoms with Crippen LogP contribution in [0.15, 0.2) is 0 Å². The zero-order chi connectivity index (χ0) is 26.5. The molecule has 1 saturated carbocycles. The third kappa shape index (κ3) is 10.2. The Morgan fingerprint density at radius 1 is 0.686 bits per heavy atom. The monoisotopic (exact) mass is 498 g/mol. The van der Waals surface area contributed by atoms with Crippen molar-refractivity contribution in [1.82, 2.24) is 0 Å². The number of carboxylic acid groups (broad SMARTS) is 4. The van der Waals surface area contributed by atoms with E-state index in [9.17, 15) is 29.4 Å². The van der Waals surface area contributed by atoms with Crippen molar-refractivity contribution >= 4 is 23.9 Å². The van der Waals surface area contributed by atoms with Gasteiger partial charge in [-0.1, -0.05) is 52.9 Å². The smallest absolute Gasteiger partial charge is 0.307 e. The molecule has 0 radical (unpaired) electrons. The van der Waals surface area contributed by atoms with E-state index in [1.54, 1.807) is 0 Å². The molecule has 8 heteroatoms. The Balaban J connectivity index is 3.16. The molecule has 7 unspecified atom stereocenters. The molecule has 0 aromatic carbocycles. The van der Waals surface area contributed by atoms with Crippen molar-refractivity contribution in [1.29, 1.82) is 0 Å². The minimum atomic E-state index is -0.877. The fourth-order valence-electron chi connectivity index (χ4n) is 6.42. The summed E-state index contributed by atoms with van der Waals surface area (Å²) in [4.78, 5) is 46.9. The Morgan fingerprint density at radius 2 is 1.11 bits per heavy atom. The first-order valence-electron chi connectivity index (χ1n) is 13.4. The zero-order valence-electron chi connectivity index (χ0n) is 21.7. The summed E-state index contributed by atoms with van der Waals surface area (Å²) in [5.41, 5.74) is 0. The zero-order valence-corrected chi connectivity index (χ0v) is 21.7. The van der Waals surface area contributed by atoms with Crippen molar-refractivity contribution in [2.45, 2.75) is 104 Å². The van der Waals surface area contributed by atoms with Gasteiger partial charge in [-0.25, -0.2) is 0 Å². The molecular formula is C27H46O8. The maximum Gasteiger partial charge on any atom is 0.307 e. The van der Waals surface area contributed by atoms with Gasteiger partial charge in [-0.2, -0.15) is 0 Å². The second-order valence-electron chi connectivity index (χ2n) is 10.6. The van der Waals surface area contributed by atoms with Crippen molar-refractivity contribution in [3.05, 3.63) is 0 Å². The number of unbranched alkanes of at least 4 members (excludes halogenated alkanes) is 2. The van der Waals surface area contributed by atoms with Gasteiger partial charge < -0.3 is 20.4 Å². The molecular weight excluding hydrogens is 452 g/mol. The van der Waals surface area contributed by atoms with Crippen molar-refractivity contribution < 1.29 is 39.6 Å². The van der Waals surface area contributed by atoms with E-state index in [0.717, 1.165) is 6.42 Å². The third-order valence-corrected chi connectivity index (χ3v) is 8.21. The van der Waals surface area contributed by atoms with E-state index in [2.05, 4.69) is 6.92 Å². The molecule has 1 aliphatic carbocycles. The van der Waals surface area contributed by atoms with Crippen LogP contribution in [0.2, 0.25) is 0 Å². The largest absolute Gasteiger partial charge is 0.481 e. The first-order valence-corrected chi connectivity index (χ1v) is 13.4. The lowest BCUT2D eigenvalue weighted by Gasteiger charge is -2.45. The number of rotatable bonds is 18. The van der Waals surface area contributed by atoms with E-state index >= 15 is 0 Å². The van der Waals surface area contributed by atoms with Gasteiger partial charge in [-0.05, 0) is 68.1 Å². The van der Waals surface area contributed by atoms with E-state index in [4.69, 9.17) is 10.2 Å². The van der Waals surface area contributed by atoms with E-state index in [1.165, 1.54) is 0 Å². The first kappa shape index (κ1) is 30.9. The Labute approximate surface area is 209 Å². The number of carbonyl (C=O) groups is 4. The molecule has 8 nitrogen and oxygen atoms in total. The molecule has 0 spiro atoms. The van der Waals surface area contributed by atoms with Crippen molar-refractivity contribution in [2.75, 3.05) is 0 Å². The van der Waals surface area contributed by atoms with Gasteiger partial charge in [0, 0.05) is 12.8 Å². The predicted molar refractivity (Wildman–Crippen MR) is 132 cm³/mol. The molecule has 202 valence electrons. The summed E-state index contributed by atoms with van der Waals surface area (Å²) in [6, 6.07) is 0. The predicted octanol–water partition coefficient (Wildman–Crippen LogP) is 5.78. The summed E-state index contributed by atoms with van der Waals surface area (Å²) in [5.74, 6) is -5.14. The average molecular weight is 499 g/mol. The lowest BCUT2D eigenvalue weighted by Crippen LogP contribution is -2.44. The van der Waals surface area contributed by atoms with Crippen LogP contribution >= 0.6 is 0 Å². The third-order valence-electron chi connectivity index (χ3n) is 8.21. The molecule has 1 rings (SSSR count). The Morgan fingerprint density at radius 3 is 1.49 bits per heavy atom. The lowest BCUT2D eigenvalue weighted by molar-refractivity contribution is -0.156. The quantitative estimate of drug-likeness (QED) is 0.174. The van der Waals surface area contributed by atoms with Crippen LogP contribution < -0.4 is 0 Å². The number of carboxylic acids is 4. The van der Waals surface area contributed by atoms with Crippen LogP contribution in [0.1, 0.15) is 104 Å². The Hall–Kier alpha value is -2.12. The molecule has 0 bridgehead atoms. The molecule has 0 aromatic heterocycles. The average Bonchev–Trinajstić information content (AvgIpc) is 2.77. The summed E-state index contributed by atoms with van der Waals surface area (Å²) < 4.78 is 0. The second-order valence-corrected chi connectivity index (χ2v) is 10.6. The van der Waals surface area contributed by atoms with Gasteiger partial charge in [-0.15, -0.1) is 0 Å². The topological polar surface area (TPSA) is 149 Å². The molecule has 0 aromatic rings. The van der Waals surface area contributed by atoms with E-state index in [-0.39, 0.29) is 36.5 Å². The van der Waals surface area contributed by atoms with Gasteiger partial charge in [0.05, 0.1) is 11.8 Å². The van der Waals surface area contributed by atoms with Gasteiger partial charge in [0.25, 0.3) is 0 Å². The van der Waals surface area contributed by atoms with Crippen molar-refractivity contribution in [2.24, 2.45) is 41.4 Å². The summed E-state index contributed by atoms with van der Waals surface area (Å²) in [5, 5.41) is 38.4. The van der Waals surface area contributed by atoms with E-state index in [1.807, 2.05) is 13.8 Å². The first-order chi connectivity index (χ1) is 16.5. The van der Waals surface area contributed by atoms with Crippen LogP contribution in [0.5, 0.6) is 0 Å². The maximum absolute atomic E-state index is 12.6. The minimum absolute atomic E-state index is 0.0679. The highest BCUT2D eigenvalue weighted by Crippen LogP contribution is 2.48. The summed E-state index contributed by atoms with van der Waals surface area (Å²) in [6.07, 6.45) is 7.27. The van der Waals surface area contributed by atoms with Crippen LogP contribution in [0.4, 0.5) is 0 Å². The van der Waals surface area contributed by atoms with Crippen LogP contribution in [0.3, 0.4) is 0 Å². The number of hydrogen-bond acceptors (Lipinski definition) is 4. The summed E-state index contributed by atoms with van der Waals surface area (Å²) in [7, 11) is 0. The standard InChI is InChI=1S/C27H46O8/c1-4-18(10-6-8-12-22(28)29)24(26(32)33)20-15-14-17(3)16-21(20)25(27(34)35)19(5-2)11-7-9-13-23(30)31/h17-21,24-25H,4-16H2,1-3H3,(H,28,29)(H,30,31)(H,32,33)(H,34,35). The van der Waals surface area contributed by atoms with Crippen LogP contribution in [0, 0.1) is 41.4 Å². The molecule has 0 aliphatic heterocycles. The Kier molecular flexibility index (Phi) is 13.9. The maximum atomic E-state index is 12.6. The lowest BCUT2D eigenvalue weighted by atomic mass is 9.59. The van der Waals surface area contributed by atoms with Crippen molar-refractivity contribution in [3.63, 3.8) is 0 Å². The minimum Gasteiger partial charge on any atom is -0.481 e. The fourth-order valence-corrected chi connectivity index (χ4v) is 6.42. The molecule has 7 atom stereocenters. The molecule has 0 heterocycles. The second kappa shape index (κ2) is 15.8. The highest BCUT2D eigenvalue weighted by atomic mass is 16.4. The molecule has 4 N–H and O–H groups in total. The van der Waals surface area contributed by atoms with Gasteiger partial charge in [-0.3, -0.25) is 19.2 Å². The van der Waals surface area contributed by atoms with E-state index in [0.29, 0.717) is 70.1 Å². The molecule has 0 amide bonds. The van der Waals surface area contributed by atoms with Crippen LogP contribution in [-0.4, -0.2) is 44.3 Å². The molecule has 1 fully saturated rings. The SMILES string of the molecule is CCC(CCCCC(=O)O)C(C(=O)O)C1CCC(C)CC1C(C(=O)O)C(CC)CCCCC(=O)O. The van der Waals surface area contributed by atoms with Gasteiger partial charge in [0.15, 0.2) is 0 Å². The number of aliphatic carboxylic acids is 4. The highest BCUT2D eigenvalue weighted by Gasteiger charge is 2.47. The summed E-state index contributed by atoms with van der Waals surface area (Å²) in [6.45, 7) is 6.03. The fraction of sp³-hybridized carbons (Fsp3) is 0.852. The van der Waals surface area contributed by atoms with Gasteiger partial charge in [0.2, 0.25) is 0 Å². The van der Waals surface area contributed by atoms with Crippen LogP contribution in [0.25, 0.3) is 0 Å². The van der Waals surface area contributed by atoms with Gasteiger partial charge in [0.1, 0.15) is 0 Å². The normalized spacial score (nSPS) is 23.7. The highest BCUT2D eigenvalue weighted by molar-refractivity contribution is 5.73.